The zero-order chi connectivity index (χ0) is 19.1. The molecule has 1 saturated heterocycles. The molecule has 0 bridgehead atoms. The van der Waals surface area contributed by atoms with E-state index in [0.717, 1.165) is 31.6 Å². The Bertz CT molecular complexity index is 751. The van der Waals surface area contributed by atoms with E-state index in [0.29, 0.717) is 36.7 Å². The van der Waals surface area contributed by atoms with E-state index in [1.807, 2.05) is 0 Å². The van der Waals surface area contributed by atoms with Crippen LogP contribution in [0.5, 0.6) is 0 Å². The average Bonchev–Trinajstić information content (AvgIpc) is 3.33. The Hall–Kier alpha value is -1.75. The first-order valence-electron chi connectivity index (χ1n) is 9.52. The molecule has 0 amide bonds. The van der Waals surface area contributed by atoms with E-state index in [4.69, 9.17) is 10.3 Å². The van der Waals surface area contributed by atoms with Gasteiger partial charge in [0.25, 0.3) is 0 Å². The fourth-order valence-electron chi connectivity index (χ4n) is 3.31. The summed E-state index contributed by atoms with van der Waals surface area (Å²) in [6.45, 7) is 5.84. The first-order chi connectivity index (χ1) is 13.2. The van der Waals surface area contributed by atoms with Crippen molar-refractivity contribution >= 4 is 29.9 Å². The normalized spacial score (nSPS) is 17.5. The lowest BCUT2D eigenvalue weighted by Gasteiger charge is -2.20. The number of aromatic nitrogens is 2. The van der Waals surface area contributed by atoms with Crippen molar-refractivity contribution in [2.24, 2.45) is 10.7 Å². The second kappa shape index (κ2) is 11.3. The van der Waals surface area contributed by atoms with E-state index >= 15 is 0 Å². The fourth-order valence-corrected chi connectivity index (χ4v) is 3.31. The van der Waals surface area contributed by atoms with E-state index in [1.54, 1.807) is 12.1 Å². The van der Waals surface area contributed by atoms with Crippen molar-refractivity contribution in [1.82, 2.24) is 20.4 Å². The predicted octanol–water partition coefficient (Wildman–Crippen LogP) is 2.81. The molecule has 7 nitrogen and oxygen atoms in total. The van der Waals surface area contributed by atoms with Crippen LogP contribution in [0.25, 0.3) is 11.4 Å². The number of nitrogens with two attached hydrogens (primary N) is 1. The minimum absolute atomic E-state index is 0. The molecule has 0 radical (unpaired) electrons. The first kappa shape index (κ1) is 22.5. The van der Waals surface area contributed by atoms with Gasteiger partial charge in [0.15, 0.2) is 5.96 Å². The minimum atomic E-state index is -0.289. The SMILES string of the molecule is CCN1CCCC1CN=C(N)NCCCc1nc(-c2ccc(F)cc2)no1.I. The van der Waals surface area contributed by atoms with Crippen molar-refractivity contribution in [3.05, 3.63) is 36.0 Å². The highest BCUT2D eigenvalue weighted by molar-refractivity contribution is 14.0. The molecule has 1 aromatic heterocycles. The lowest BCUT2D eigenvalue weighted by Crippen LogP contribution is -2.36. The molecule has 0 aliphatic carbocycles. The quantitative estimate of drug-likeness (QED) is 0.250. The van der Waals surface area contributed by atoms with Gasteiger partial charge < -0.3 is 15.6 Å². The number of nitrogens with one attached hydrogen (secondary N) is 1. The van der Waals surface area contributed by atoms with Crippen LogP contribution in [0, 0.1) is 5.82 Å². The van der Waals surface area contributed by atoms with Crippen LogP contribution in [-0.4, -0.2) is 53.2 Å². The van der Waals surface area contributed by atoms with Crippen LogP contribution in [0.1, 0.15) is 32.1 Å². The summed E-state index contributed by atoms with van der Waals surface area (Å²) in [6, 6.07) is 6.53. The van der Waals surface area contributed by atoms with E-state index in [1.165, 1.54) is 25.0 Å². The van der Waals surface area contributed by atoms with Crippen LogP contribution in [0.4, 0.5) is 4.39 Å². The maximum absolute atomic E-state index is 13.0. The number of likely N-dealkylation sites (tertiary alicyclic amines) is 1. The monoisotopic (exact) mass is 502 g/mol. The summed E-state index contributed by atoms with van der Waals surface area (Å²) in [5.74, 6) is 1.21. The smallest absolute Gasteiger partial charge is 0.227 e. The Morgan fingerprint density at radius 2 is 2.18 bits per heavy atom. The number of nitrogens with zero attached hydrogens (tertiary/aromatic N) is 4. The van der Waals surface area contributed by atoms with Crippen LogP contribution in [0.2, 0.25) is 0 Å². The van der Waals surface area contributed by atoms with Crippen LogP contribution in [0.3, 0.4) is 0 Å². The third-order valence-electron chi connectivity index (χ3n) is 4.82. The van der Waals surface area contributed by atoms with Crippen molar-refractivity contribution in [2.75, 3.05) is 26.2 Å². The number of aryl methyl sites for hydroxylation is 1. The summed E-state index contributed by atoms with van der Waals surface area (Å²) in [6.07, 6.45) is 3.87. The molecule has 9 heteroatoms. The largest absolute Gasteiger partial charge is 0.370 e. The van der Waals surface area contributed by atoms with E-state index in [2.05, 4.69) is 32.3 Å². The molecular formula is C19H28FIN6O. The number of halogens is 2. The van der Waals surface area contributed by atoms with E-state index in [9.17, 15) is 4.39 Å². The van der Waals surface area contributed by atoms with Crippen LogP contribution in [-0.2, 0) is 6.42 Å². The molecule has 3 rings (SSSR count). The molecule has 1 aliphatic heterocycles. The lowest BCUT2D eigenvalue weighted by molar-refractivity contribution is 0.273. The van der Waals surface area contributed by atoms with Gasteiger partial charge >= 0.3 is 0 Å². The molecule has 1 atom stereocenters. The van der Waals surface area contributed by atoms with Crippen molar-refractivity contribution in [3.63, 3.8) is 0 Å². The maximum Gasteiger partial charge on any atom is 0.227 e. The Morgan fingerprint density at radius 1 is 1.39 bits per heavy atom. The summed E-state index contributed by atoms with van der Waals surface area (Å²) < 4.78 is 18.2. The van der Waals surface area contributed by atoms with Gasteiger partial charge in [0.05, 0.1) is 6.54 Å². The Kier molecular flexibility index (Phi) is 9.10. The summed E-state index contributed by atoms with van der Waals surface area (Å²) >= 11 is 0. The number of hydrogen-bond acceptors (Lipinski definition) is 5. The highest BCUT2D eigenvalue weighted by atomic mass is 127. The second-order valence-corrected chi connectivity index (χ2v) is 6.70. The number of hydrogen-bond donors (Lipinski definition) is 2. The molecule has 154 valence electrons. The molecule has 2 aromatic rings. The van der Waals surface area contributed by atoms with Crippen LogP contribution < -0.4 is 11.1 Å². The van der Waals surface area contributed by atoms with Crippen molar-refractivity contribution < 1.29 is 8.91 Å². The van der Waals surface area contributed by atoms with Gasteiger partial charge in [-0.2, -0.15) is 4.98 Å². The first-order valence-corrected chi connectivity index (χ1v) is 9.52. The minimum Gasteiger partial charge on any atom is -0.370 e. The third-order valence-corrected chi connectivity index (χ3v) is 4.82. The third kappa shape index (κ3) is 6.40. The number of benzene rings is 1. The molecule has 1 aromatic carbocycles. The van der Waals surface area contributed by atoms with Crippen molar-refractivity contribution in [3.8, 4) is 11.4 Å². The van der Waals surface area contributed by atoms with Crippen LogP contribution >= 0.6 is 24.0 Å². The number of rotatable bonds is 8. The van der Waals surface area contributed by atoms with Gasteiger partial charge in [-0.1, -0.05) is 12.1 Å². The molecule has 3 N–H and O–H groups in total. The molecule has 2 heterocycles. The second-order valence-electron chi connectivity index (χ2n) is 6.70. The predicted molar refractivity (Wildman–Crippen MR) is 118 cm³/mol. The molecule has 0 spiro atoms. The number of likely N-dealkylation sites (N-methyl/N-ethyl adjacent to an activating group) is 1. The number of guanidine groups is 1. The molecule has 28 heavy (non-hydrogen) atoms. The maximum atomic E-state index is 13.0. The van der Waals surface area contributed by atoms with Gasteiger partial charge in [-0.05, 0) is 56.6 Å². The molecule has 1 fully saturated rings. The Labute approximate surface area is 182 Å². The van der Waals surface area contributed by atoms with Crippen molar-refractivity contribution in [2.45, 2.75) is 38.6 Å². The lowest BCUT2D eigenvalue weighted by atomic mass is 10.2. The van der Waals surface area contributed by atoms with Crippen LogP contribution in [0.15, 0.2) is 33.8 Å². The molecule has 1 aliphatic rings. The molecular weight excluding hydrogens is 474 g/mol. The Morgan fingerprint density at radius 3 is 2.93 bits per heavy atom. The highest BCUT2D eigenvalue weighted by Crippen LogP contribution is 2.17. The van der Waals surface area contributed by atoms with Gasteiger partial charge in [-0.25, -0.2) is 4.39 Å². The highest BCUT2D eigenvalue weighted by Gasteiger charge is 2.22. The van der Waals surface area contributed by atoms with E-state index < -0.39 is 0 Å². The summed E-state index contributed by atoms with van der Waals surface area (Å²) in [5, 5.41) is 7.07. The topological polar surface area (TPSA) is 92.6 Å². The van der Waals surface area contributed by atoms with E-state index in [-0.39, 0.29) is 29.8 Å². The van der Waals surface area contributed by atoms with Crippen molar-refractivity contribution in [1.29, 1.82) is 0 Å². The standard InChI is InChI=1S/C19H27FN6O.HI/c1-2-26-12-4-5-16(26)13-23-19(21)22-11-3-6-17-24-18(25-27-17)14-7-9-15(20)10-8-14;/h7-10,16H,2-6,11-13H2,1H3,(H3,21,22,23);1H. The molecule has 1 unspecified atom stereocenters. The average molecular weight is 502 g/mol. The Balaban J connectivity index is 0.00000280. The summed E-state index contributed by atoms with van der Waals surface area (Å²) in [7, 11) is 0. The summed E-state index contributed by atoms with van der Waals surface area (Å²) in [4.78, 5) is 11.2. The van der Waals surface area contributed by atoms with Gasteiger partial charge in [0, 0.05) is 24.6 Å². The zero-order valence-electron chi connectivity index (χ0n) is 16.1. The van der Waals surface area contributed by atoms with Gasteiger partial charge in [0.2, 0.25) is 11.7 Å². The zero-order valence-corrected chi connectivity index (χ0v) is 18.4. The van der Waals surface area contributed by atoms with Gasteiger partial charge in [0.1, 0.15) is 5.82 Å². The summed E-state index contributed by atoms with van der Waals surface area (Å²) in [5.41, 5.74) is 6.68. The number of aliphatic imine (C=N–C) groups is 1. The molecule has 0 saturated carbocycles. The van der Waals surface area contributed by atoms with Gasteiger partial charge in [-0.3, -0.25) is 9.89 Å². The van der Waals surface area contributed by atoms with Gasteiger partial charge in [-0.15, -0.1) is 24.0 Å². The fraction of sp³-hybridized carbons (Fsp3) is 0.526.